The Labute approximate surface area is 217 Å². The first-order valence-electron chi connectivity index (χ1n) is 12.0. The van der Waals surface area contributed by atoms with E-state index in [9.17, 15) is 23.9 Å². The van der Waals surface area contributed by atoms with E-state index in [-0.39, 0.29) is 29.4 Å². The third kappa shape index (κ3) is 4.76. The molecule has 1 aliphatic carbocycles. The molecule has 0 radical (unpaired) electrons. The van der Waals surface area contributed by atoms with E-state index in [1.807, 2.05) is 30.9 Å². The Morgan fingerprint density at radius 3 is 2.70 bits per heavy atom. The second-order valence-corrected chi connectivity index (χ2v) is 10.5. The van der Waals surface area contributed by atoms with Crippen molar-refractivity contribution in [1.82, 2.24) is 15.0 Å². The number of nitrogens with zero attached hydrogens (tertiary/aromatic N) is 5. The highest BCUT2D eigenvalue weighted by atomic mass is 35.5. The predicted octanol–water partition coefficient (Wildman–Crippen LogP) is 5.75. The number of aryl methyl sites for hydroxylation is 1. The summed E-state index contributed by atoms with van der Waals surface area (Å²) in [5.74, 6) is -3.48. The Balaban J connectivity index is 1.54. The zero-order valence-electron chi connectivity index (χ0n) is 20.4. The van der Waals surface area contributed by atoms with Gasteiger partial charge in [-0.1, -0.05) is 17.7 Å². The first kappa shape index (κ1) is 25.1. The summed E-state index contributed by atoms with van der Waals surface area (Å²) in [7, 11) is 0. The molecule has 1 spiro atoms. The number of aromatic nitrogens is 3. The molecule has 2 aromatic heterocycles. The molecule has 2 atom stereocenters. The van der Waals surface area contributed by atoms with Gasteiger partial charge in [0, 0.05) is 31.5 Å². The molecule has 37 heavy (non-hydrogen) atoms. The van der Waals surface area contributed by atoms with Crippen LogP contribution >= 0.6 is 11.6 Å². The number of pyridine rings is 1. The van der Waals surface area contributed by atoms with Crippen molar-refractivity contribution in [3.05, 3.63) is 51.9 Å². The summed E-state index contributed by atoms with van der Waals surface area (Å²) in [6.45, 7) is 4.69. The van der Waals surface area contributed by atoms with Gasteiger partial charge in [0.05, 0.1) is 22.8 Å². The number of carbonyl (C=O) groups is 1. The van der Waals surface area contributed by atoms with Crippen LogP contribution in [0.3, 0.4) is 0 Å². The normalized spacial score (nSPS) is 21.4. The number of carboxylic acids is 1. The molecule has 2 N–H and O–H groups in total. The minimum Gasteiger partial charge on any atom is -0.476 e. The lowest BCUT2D eigenvalue weighted by Crippen LogP contribution is -2.28. The van der Waals surface area contributed by atoms with Crippen molar-refractivity contribution in [3.63, 3.8) is 0 Å². The second-order valence-electron chi connectivity index (χ2n) is 10.1. The van der Waals surface area contributed by atoms with Crippen LogP contribution < -0.4 is 10.2 Å². The van der Waals surface area contributed by atoms with Crippen LogP contribution in [0.15, 0.2) is 24.3 Å². The molecule has 192 valence electrons. The summed E-state index contributed by atoms with van der Waals surface area (Å²) >= 11 is 5.89. The number of halogens is 3. The van der Waals surface area contributed by atoms with Crippen LogP contribution in [-0.4, -0.2) is 45.0 Å². The Morgan fingerprint density at radius 1 is 1.24 bits per heavy atom. The van der Waals surface area contributed by atoms with Crippen LogP contribution in [0.4, 0.5) is 20.3 Å². The maximum atomic E-state index is 14.0. The summed E-state index contributed by atoms with van der Waals surface area (Å²) in [6.07, 6.45) is 0.810. The van der Waals surface area contributed by atoms with E-state index in [4.69, 9.17) is 16.6 Å². The van der Waals surface area contributed by atoms with Crippen molar-refractivity contribution in [2.45, 2.75) is 51.5 Å². The van der Waals surface area contributed by atoms with E-state index in [2.05, 4.69) is 21.4 Å². The lowest BCUT2D eigenvalue weighted by Gasteiger charge is -2.25. The quantitative estimate of drug-likeness (QED) is 0.404. The maximum absolute atomic E-state index is 14.0. The van der Waals surface area contributed by atoms with Gasteiger partial charge in [-0.05, 0) is 55.9 Å². The van der Waals surface area contributed by atoms with Crippen molar-refractivity contribution in [2.75, 3.05) is 23.3 Å². The van der Waals surface area contributed by atoms with Gasteiger partial charge in [-0.15, -0.1) is 0 Å². The molecule has 0 bridgehead atoms. The van der Waals surface area contributed by atoms with Crippen molar-refractivity contribution < 1.29 is 18.7 Å². The van der Waals surface area contributed by atoms with Gasteiger partial charge in [-0.3, -0.25) is 0 Å². The third-order valence-corrected chi connectivity index (χ3v) is 7.54. The first-order chi connectivity index (χ1) is 17.5. The number of anilines is 2. The number of fused-ring (bicyclic) bond motifs is 1. The fourth-order valence-corrected chi connectivity index (χ4v) is 5.76. The highest BCUT2D eigenvalue weighted by Gasteiger charge is 2.52. The summed E-state index contributed by atoms with van der Waals surface area (Å²) in [5.41, 5.74) is 2.49. The fourth-order valence-electron chi connectivity index (χ4n) is 5.61. The van der Waals surface area contributed by atoms with E-state index < -0.39 is 23.3 Å². The Bertz CT molecular complexity index is 1460. The van der Waals surface area contributed by atoms with E-state index in [0.717, 1.165) is 11.1 Å². The number of carboxylic acid groups (broad SMARTS) is 1. The van der Waals surface area contributed by atoms with Gasteiger partial charge >= 0.3 is 5.97 Å². The fraction of sp³-hybridized carbons (Fsp3) is 0.423. The first-order valence-corrected chi connectivity index (χ1v) is 12.4. The molecule has 1 saturated carbocycles. The standard InChI is InChI=1S/C26H25ClF2N6O2/c1-14-9-16(15(2)31-17-3-4-20(27)33-22(17)24(36)37)21-18(10-14)32-19(11-30)23(34-21)35-8-7-25(13-35)5-6-26(28,29)12-25/h3-4,9-10,15,31H,5-8,12-13H2,1-2H3,(H,36,37)/t15-,25?/m1/s1. The van der Waals surface area contributed by atoms with Gasteiger partial charge in [0.15, 0.2) is 17.2 Å². The molecule has 8 nitrogen and oxygen atoms in total. The number of rotatable bonds is 5. The van der Waals surface area contributed by atoms with Gasteiger partial charge < -0.3 is 15.3 Å². The van der Waals surface area contributed by atoms with Crippen molar-refractivity contribution in [2.24, 2.45) is 5.41 Å². The molecular weight excluding hydrogens is 502 g/mol. The van der Waals surface area contributed by atoms with Crippen LogP contribution in [0.5, 0.6) is 0 Å². The molecule has 3 heterocycles. The van der Waals surface area contributed by atoms with E-state index in [1.54, 1.807) is 6.07 Å². The monoisotopic (exact) mass is 526 g/mol. The zero-order chi connectivity index (χ0) is 26.5. The van der Waals surface area contributed by atoms with Crippen LogP contribution in [0.2, 0.25) is 5.15 Å². The number of nitriles is 1. The topological polar surface area (TPSA) is 115 Å². The van der Waals surface area contributed by atoms with Crippen molar-refractivity contribution in [1.29, 1.82) is 5.26 Å². The number of nitrogens with one attached hydrogen (secondary N) is 1. The van der Waals surface area contributed by atoms with Gasteiger partial charge in [0.2, 0.25) is 5.92 Å². The number of alkyl halides is 2. The number of hydrogen-bond acceptors (Lipinski definition) is 7. The molecule has 1 aliphatic heterocycles. The highest BCUT2D eigenvalue weighted by Crippen LogP contribution is 2.52. The summed E-state index contributed by atoms with van der Waals surface area (Å²) in [6, 6.07) is 8.54. The highest BCUT2D eigenvalue weighted by molar-refractivity contribution is 6.29. The van der Waals surface area contributed by atoms with E-state index in [1.165, 1.54) is 6.07 Å². The number of aromatic carboxylic acids is 1. The lowest BCUT2D eigenvalue weighted by atomic mass is 9.85. The molecule has 5 rings (SSSR count). The Hall–Kier alpha value is -3.58. The molecule has 2 fully saturated rings. The number of hydrogen-bond donors (Lipinski definition) is 2. The van der Waals surface area contributed by atoms with Crippen molar-refractivity contribution in [3.8, 4) is 6.07 Å². The van der Waals surface area contributed by atoms with E-state index >= 15 is 0 Å². The van der Waals surface area contributed by atoms with Gasteiger partial charge in [-0.25, -0.2) is 28.5 Å². The third-order valence-electron chi connectivity index (χ3n) is 7.33. The maximum Gasteiger partial charge on any atom is 0.356 e. The van der Waals surface area contributed by atoms with Crippen LogP contribution in [0.1, 0.15) is 66.0 Å². The zero-order valence-corrected chi connectivity index (χ0v) is 21.1. The lowest BCUT2D eigenvalue weighted by molar-refractivity contribution is -0.00188. The summed E-state index contributed by atoms with van der Waals surface area (Å²) in [4.78, 5) is 27.0. The second kappa shape index (κ2) is 9.06. The molecule has 11 heteroatoms. The molecule has 1 saturated heterocycles. The predicted molar refractivity (Wildman–Crippen MR) is 135 cm³/mol. The molecule has 3 aromatic rings. The van der Waals surface area contributed by atoms with E-state index in [0.29, 0.717) is 48.5 Å². The van der Waals surface area contributed by atoms with Crippen LogP contribution in [-0.2, 0) is 0 Å². The smallest absolute Gasteiger partial charge is 0.356 e. The van der Waals surface area contributed by atoms with Gasteiger partial charge in [-0.2, -0.15) is 5.26 Å². The molecule has 1 unspecified atom stereocenters. The molecule has 0 amide bonds. The minimum absolute atomic E-state index is 0.0690. The average molecular weight is 527 g/mol. The Morgan fingerprint density at radius 2 is 2.03 bits per heavy atom. The van der Waals surface area contributed by atoms with Gasteiger partial charge in [0.1, 0.15) is 11.2 Å². The van der Waals surface area contributed by atoms with Gasteiger partial charge in [0.25, 0.3) is 0 Å². The average Bonchev–Trinajstić information content (AvgIpc) is 3.39. The molecule has 1 aromatic carbocycles. The SMILES string of the molecule is Cc1cc([C@@H](C)Nc2ccc(Cl)nc2C(=O)O)c2nc(N3CCC4(CCC(F)(F)C4)C3)c(C#N)nc2c1. The van der Waals surface area contributed by atoms with Crippen LogP contribution in [0.25, 0.3) is 11.0 Å². The summed E-state index contributed by atoms with van der Waals surface area (Å²) in [5, 5.41) is 22.7. The number of benzene rings is 1. The minimum atomic E-state index is -2.65. The summed E-state index contributed by atoms with van der Waals surface area (Å²) < 4.78 is 28.1. The van der Waals surface area contributed by atoms with Crippen molar-refractivity contribution >= 4 is 40.1 Å². The van der Waals surface area contributed by atoms with Crippen LogP contribution in [0, 0.1) is 23.7 Å². The Kier molecular flexibility index (Phi) is 6.15. The molecular formula is C26H25ClF2N6O2. The molecule has 2 aliphatic rings. The largest absolute Gasteiger partial charge is 0.476 e.